The predicted molar refractivity (Wildman–Crippen MR) is 129 cm³/mol. The summed E-state index contributed by atoms with van der Waals surface area (Å²) in [6.45, 7) is -0.363. The van der Waals surface area contributed by atoms with Crippen LogP contribution in [-0.2, 0) is 33.9 Å². The van der Waals surface area contributed by atoms with E-state index in [9.17, 15) is 22.6 Å². The Morgan fingerprint density at radius 3 is 2.54 bits per heavy atom. The van der Waals surface area contributed by atoms with Gasteiger partial charge in [0, 0.05) is 5.69 Å². The van der Waals surface area contributed by atoms with Crippen LogP contribution in [0.2, 0.25) is 0 Å². The molecule has 12 heteroatoms. The number of esters is 2. The van der Waals surface area contributed by atoms with E-state index in [0.717, 1.165) is 24.4 Å². The number of anilines is 1. The number of hydrogen-bond acceptors (Lipinski definition) is 10. The summed E-state index contributed by atoms with van der Waals surface area (Å²) in [6, 6.07) is 11.7. The fourth-order valence-electron chi connectivity index (χ4n) is 3.52. The Bertz CT molecular complexity index is 1440. The first-order valence-corrected chi connectivity index (χ1v) is 12.4. The SMILES string of the molecule is COC(=O)C1=C(C(=O)OC)N(c2ccc(C=Cc3nc4ccccc4s3)c(S(=O)(=O)O)c2)COC1. The van der Waals surface area contributed by atoms with E-state index in [0.29, 0.717) is 5.01 Å². The van der Waals surface area contributed by atoms with Gasteiger partial charge in [0.05, 0.1) is 36.6 Å². The molecule has 0 saturated heterocycles. The lowest BCUT2D eigenvalue weighted by Gasteiger charge is -2.31. The number of para-hydroxylation sites is 1. The molecule has 2 aromatic carbocycles. The molecule has 0 atom stereocenters. The molecule has 2 heterocycles. The molecule has 0 fully saturated rings. The van der Waals surface area contributed by atoms with Crippen molar-refractivity contribution in [2.75, 3.05) is 32.5 Å². The summed E-state index contributed by atoms with van der Waals surface area (Å²) in [5.41, 5.74) is 0.959. The number of hydrogen-bond donors (Lipinski definition) is 1. The minimum absolute atomic E-state index is 0.0844. The van der Waals surface area contributed by atoms with Crippen molar-refractivity contribution in [1.29, 1.82) is 0 Å². The first-order valence-electron chi connectivity index (χ1n) is 10.1. The Hall–Kier alpha value is -3.58. The zero-order valence-corrected chi connectivity index (χ0v) is 20.3. The number of rotatable bonds is 6. The van der Waals surface area contributed by atoms with Crippen LogP contribution in [0.1, 0.15) is 10.6 Å². The van der Waals surface area contributed by atoms with Gasteiger partial charge in [0.25, 0.3) is 10.1 Å². The normalized spacial score (nSPS) is 14.5. The monoisotopic (exact) mass is 516 g/mol. The van der Waals surface area contributed by atoms with E-state index < -0.39 is 27.0 Å². The van der Waals surface area contributed by atoms with E-state index in [4.69, 9.17) is 14.2 Å². The summed E-state index contributed by atoms with van der Waals surface area (Å²) in [4.78, 5) is 30.0. The van der Waals surface area contributed by atoms with Gasteiger partial charge in [-0.15, -0.1) is 11.3 Å². The number of nitrogens with zero attached hydrogens (tertiary/aromatic N) is 2. The first-order chi connectivity index (χ1) is 16.7. The Balaban J connectivity index is 1.77. The van der Waals surface area contributed by atoms with Gasteiger partial charge in [-0.3, -0.25) is 4.55 Å². The Morgan fingerprint density at radius 1 is 1.11 bits per heavy atom. The van der Waals surface area contributed by atoms with Crippen LogP contribution >= 0.6 is 11.3 Å². The molecule has 0 unspecified atom stereocenters. The lowest BCUT2D eigenvalue weighted by atomic mass is 10.1. The zero-order chi connectivity index (χ0) is 25.2. The van der Waals surface area contributed by atoms with Gasteiger partial charge in [-0.1, -0.05) is 24.3 Å². The lowest BCUT2D eigenvalue weighted by molar-refractivity contribution is -0.140. The fourth-order valence-corrected chi connectivity index (χ4v) is 5.10. The number of ether oxygens (including phenoxy) is 3. The molecular weight excluding hydrogens is 496 g/mol. The molecule has 1 N–H and O–H groups in total. The third kappa shape index (κ3) is 5.10. The number of fused-ring (bicyclic) bond motifs is 1. The van der Waals surface area contributed by atoms with Crippen LogP contribution in [0.5, 0.6) is 0 Å². The third-order valence-electron chi connectivity index (χ3n) is 5.14. The molecule has 1 aliphatic heterocycles. The largest absolute Gasteiger partial charge is 0.466 e. The van der Waals surface area contributed by atoms with Crippen LogP contribution in [0.25, 0.3) is 22.4 Å². The number of aromatic nitrogens is 1. The van der Waals surface area contributed by atoms with Crippen molar-refractivity contribution in [1.82, 2.24) is 4.98 Å². The Kier molecular flexibility index (Phi) is 6.98. The van der Waals surface area contributed by atoms with E-state index in [1.807, 2.05) is 24.3 Å². The molecule has 0 saturated carbocycles. The zero-order valence-electron chi connectivity index (χ0n) is 18.6. The van der Waals surface area contributed by atoms with Gasteiger partial charge >= 0.3 is 11.9 Å². The average Bonchev–Trinajstić information content (AvgIpc) is 3.28. The summed E-state index contributed by atoms with van der Waals surface area (Å²) in [5, 5.41) is 0.652. The van der Waals surface area contributed by atoms with Crippen molar-refractivity contribution in [3.05, 3.63) is 64.3 Å². The van der Waals surface area contributed by atoms with Crippen molar-refractivity contribution in [3.8, 4) is 0 Å². The molecule has 3 aromatic rings. The van der Waals surface area contributed by atoms with Gasteiger partial charge in [-0.25, -0.2) is 14.6 Å². The van der Waals surface area contributed by atoms with E-state index in [2.05, 4.69) is 4.98 Å². The summed E-state index contributed by atoms with van der Waals surface area (Å²) < 4.78 is 50.3. The molecule has 0 amide bonds. The van der Waals surface area contributed by atoms with E-state index in [1.165, 1.54) is 40.5 Å². The van der Waals surface area contributed by atoms with Gasteiger partial charge < -0.3 is 19.1 Å². The van der Waals surface area contributed by atoms with Crippen molar-refractivity contribution in [3.63, 3.8) is 0 Å². The number of methoxy groups -OCH3 is 2. The number of carbonyl (C=O) groups is 2. The Morgan fingerprint density at radius 2 is 1.86 bits per heavy atom. The molecule has 1 aliphatic rings. The highest BCUT2D eigenvalue weighted by atomic mass is 32.2. The Labute approximate surface area is 204 Å². The van der Waals surface area contributed by atoms with Crippen LogP contribution < -0.4 is 4.90 Å². The van der Waals surface area contributed by atoms with Crippen molar-refractivity contribution >= 4 is 61.4 Å². The highest BCUT2D eigenvalue weighted by Crippen LogP contribution is 2.31. The maximum atomic E-state index is 12.5. The summed E-state index contributed by atoms with van der Waals surface area (Å²) in [7, 11) is -2.35. The van der Waals surface area contributed by atoms with Crippen LogP contribution in [0.15, 0.2) is 58.6 Å². The van der Waals surface area contributed by atoms with E-state index in [-0.39, 0.29) is 35.9 Å². The van der Waals surface area contributed by atoms with Crippen molar-refractivity contribution in [2.45, 2.75) is 4.90 Å². The number of benzene rings is 2. The minimum atomic E-state index is -4.66. The second-order valence-corrected chi connectivity index (χ2v) is 9.72. The second-order valence-electron chi connectivity index (χ2n) is 7.27. The molecule has 0 spiro atoms. The van der Waals surface area contributed by atoms with Crippen LogP contribution in [0.3, 0.4) is 0 Å². The maximum Gasteiger partial charge on any atom is 0.355 e. The molecule has 1 aromatic heterocycles. The average molecular weight is 517 g/mol. The molecule has 4 rings (SSSR count). The molecule has 10 nitrogen and oxygen atoms in total. The highest BCUT2D eigenvalue weighted by molar-refractivity contribution is 7.86. The molecule has 0 aliphatic carbocycles. The number of thiazole rings is 1. The molecule has 35 heavy (non-hydrogen) atoms. The van der Waals surface area contributed by atoms with Crippen LogP contribution in [-0.4, -0.2) is 57.5 Å². The molecular formula is C23H20N2O8S2. The highest BCUT2D eigenvalue weighted by Gasteiger charge is 2.33. The van der Waals surface area contributed by atoms with Crippen molar-refractivity contribution in [2.24, 2.45) is 0 Å². The maximum absolute atomic E-state index is 12.5. The van der Waals surface area contributed by atoms with E-state index in [1.54, 1.807) is 6.08 Å². The van der Waals surface area contributed by atoms with Crippen LogP contribution in [0.4, 0.5) is 5.69 Å². The van der Waals surface area contributed by atoms with Gasteiger partial charge in [-0.2, -0.15) is 8.42 Å². The predicted octanol–water partition coefficient (Wildman–Crippen LogP) is 3.11. The van der Waals surface area contributed by atoms with Crippen LogP contribution in [0, 0.1) is 0 Å². The molecule has 182 valence electrons. The smallest absolute Gasteiger partial charge is 0.355 e. The van der Waals surface area contributed by atoms with Gasteiger partial charge in [0.1, 0.15) is 22.3 Å². The first kappa shape index (κ1) is 24.5. The summed E-state index contributed by atoms with van der Waals surface area (Å²) >= 11 is 1.43. The summed E-state index contributed by atoms with van der Waals surface area (Å²) in [5.74, 6) is -1.62. The number of carbonyl (C=O) groups excluding carboxylic acids is 2. The van der Waals surface area contributed by atoms with Crippen molar-refractivity contribution < 1.29 is 36.8 Å². The quantitative estimate of drug-likeness (QED) is 0.385. The molecule has 0 radical (unpaired) electrons. The molecule has 0 bridgehead atoms. The van der Waals surface area contributed by atoms with Gasteiger partial charge in [0.15, 0.2) is 0 Å². The third-order valence-corrected chi connectivity index (χ3v) is 7.05. The van der Waals surface area contributed by atoms with E-state index >= 15 is 0 Å². The van der Waals surface area contributed by atoms with Gasteiger partial charge in [0.2, 0.25) is 0 Å². The topological polar surface area (TPSA) is 132 Å². The summed E-state index contributed by atoms with van der Waals surface area (Å²) in [6.07, 6.45) is 3.17. The fraction of sp³-hybridized carbons (Fsp3) is 0.174. The standard InChI is InChI=1S/C23H20N2O8S2/c1-31-22(26)16-12-33-13-25(21(16)23(27)32-2)15-9-7-14(19(11-15)35(28,29)30)8-10-20-24-17-5-3-4-6-18(17)34-20/h3-11H,12-13H2,1-2H3,(H,28,29,30). The lowest BCUT2D eigenvalue weighted by Crippen LogP contribution is -2.38. The van der Waals surface area contributed by atoms with Gasteiger partial charge in [-0.05, 0) is 35.9 Å². The minimum Gasteiger partial charge on any atom is -0.466 e. The second kappa shape index (κ2) is 9.96.